The molecule has 0 aliphatic carbocycles. The van der Waals surface area contributed by atoms with Crippen LogP contribution in [0.4, 0.5) is 5.69 Å². The summed E-state index contributed by atoms with van der Waals surface area (Å²) in [6, 6.07) is 14.8. The molecule has 1 aromatic heterocycles. The fourth-order valence-electron chi connectivity index (χ4n) is 2.29. The first-order valence-electron chi connectivity index (χ1n) is 8.44. The van der Waals surface area contributed by atoms with E-state index in [1.54, 1.807) is 12.1 Å². The molecule has 0 saturated heterocycles. The van der Waals surface area contributed by atoms with Gasteiger partial charge in [-0.2, -0.15) is 4.98 Å². The lowest BCUT2D eigenvalue weighted by molar-refractivity contribution is -0.118. The molecule has 0 spiro atoms. The lowest BCUT2D eigenvalue weighted by atomic mass is 10.2. The van der Waals surface area contributed by atoms with E-state index in [-0.39, 0.29) is 18.4 Å². The molecule has 0 radical (unpaired) electrons. The first-order chi connectivity index (χ1) is 12.5. The van der Waals surface area contributed by atoms with Gasteiger partial charge in [0.2, 0.25) is 0 Å². The van der Waals surface area contributed by atoms with Crippen LogP contribution in [0, 0.1) is 6.92 Å². The predicted octanol–water partition coefficient (Wildman–Crippen LogP) is 4.19. The van der Waals surface area contributed by atoms with Gasteiger partial charge in [-0.15, -0.1) is 0 Å². The summed E-state index contributed by atoms with van der Waals surface area (Å²) in [5.41, 5.74) is 2.63. The number of carbonyl (C=O) groups is 1. The summed E-state index contributed by atoms with van der Waals surface area (Å²) in [5.74, 6) is 1.62. The van der Waals surface area contributed by atoms with Crippen molar-refractivity contribution >= 4 is 11.6 Å². The van der Waals surface area contributed by atoms with E-state index in [1.165, 1.54) is 0 Å². The number of ether oxygens (including phenoxy) is 1. The van der Waals surface area contributed by atoms with E-state index in [9.17, 15) is 4.79 Å². The van der Waals surface area contributed by atoms with Crippen molar-refractivity contribution in [3.05, 3.63) is 59.9 Å². The average molecular weight is 351 g/mol. The molecule has 0 aliphatic rings. The second kappa shape index (κ2) is 7.82. The maximum Gasteiger partial charge on any atom is 0.262 e. The zero-order valence-electron chi connectivity index (χ0n) is 15.0. The molecular formula is C20H21N3O3. The predicted molar refractivity (Wildman–Crippen MR) is 99.1 cm³/mol. The first-order valence-corrected chi connectivity index (χ1v) is 8.44. The lowest BCUT2D eigenvalue weighted by Crippen LogP contribution is -2.20. The zero-order chi connectivity index (χ0) is 18.5. The molecule has 3 aromatic rings. The van der Waals surface area contributed by atoms with Crippen molar-refractivity contribution in [2.75, 3.05) is 11.9 Å². The Kier molecular flexibility index (Phi) is 5.31. The van der Waals surface area contributed by atoms with E-state index < -0.39 is 0 Å². The first kappa shape index (κ1) is 17.7. The van der Waals surface area contributed by atoms with Gasteiger partial charge in [0.1, 0.15) is 5.75 Å². The minimum Gasteiger partial charge on any atom is -0.484 e. The Bertz CT molecular complexity index is 885. The highest BCUT2D eigenvalue weighted by atomic mass is 16.5. The van der Waals surface area contributed by atoms with Crippen LogP contribution >= 0.6 is 0 Å². The molecule has 6 heteroatoms. The van der Waals surface area contributed by atoms with E-state index in [0.717, 1.165) is 16.8 Å². The van der Waals surface area contributed by atoms with Gasteiger partial charge in [0, 0.05) is 17.2 Å². The third-order valence-electron chi connectivity index (χ3n) is 3.74. The zero-order valence-corrected chi connectivity index (χ0v) is 15.0. The average Bonchev–Trinajstić information content (AvgIpc) is 3.13. The molecule has 1 N–H and O–H groups in total. The van der Waals surface area contributed by atoms with Gasteiger partial charge in [0.25, 0.3) is 11.8 Å². The summed E-state index contributed by atoms with van der Waals surface area (Å²) in [6.45, 7) is 5.91. The molecule has 2 aromatic carbocycles. The monoisotopic (exact) mass is 351 g/mol. The van der Waals surface area contributed by atoms with Gasteiger partial charge in [-0.3, -0.25) is 4.79 Å². The van der Waals surface area contributed by atoms with Gasteiger partial charge in [0.15, 0.2) is 12.4 Å². The molecule has 0 bridgehead atoms. The van der Waals surface area contributed by atoms with Crippen LogP contribution in [0.1, 0.15) is 31.2 Å². The second-order valence-corrected chi connectivity index (χ2v) is 6.34. The van der Waals surface area contributed by atoms with E-state index in [1.807, 2.05) is 57.2 Å². The molecule has 0 unspecified atom stereocenters. The van der Waals surface area contributed by atoms with Crippen molar-refractivity contribution in [3.8, 4) is 17.2 Å². The van der Waals surface area contributed by atoms with Gasteiger partial charge in [0.05, 0.1) is 0 Å². The second-order valence-electron chi connectivity index (χ2n) is 6.34. The smallest absolute Gasteiger partial charge is 0.262 e. The van der Waals surface area contributed by atoms with E-state index >= 15 is 0 Å². The van der Waals surface area contributed by atoms with Crippen molar-refractivity contribution < 1.29 is 14.1 Å². The van der Waals surface area contributed by atoms with Crippen molar-refractivity contribution in [1.29, 1.82) is 0 Å². The van der Waals surface area contributed by atoms with Gasteiger partial charge in [-0.25, -0.2) is 0 Å². The molecule has 134 valence electrons. The van der Waals surface area contributed by atoms with Gasteiger partial charge in [-0.05, 0) is 37.3 Å². The Morgan fingerprint density at radius 2 is 1.96 bits per heavy atom. The Morgan fingerprint density at radius 1 is 1.19 bits per heavy atom. The van der Waals surface area contributed by atoms with E-state index in [0.29, 0.717) is 17.5 Å². The van der Waals surface area contributed by atoms with Gasteiger partial charge >= 0.3 is 0 Å². The topological polar surface area (TPSA) is 77.2 Å². The van der Waals surface area contributed by atoms with E-state index in [2.05, 4.69) is 15.5 Å². The maximum atomic E-state index is 12.0. The normalized spacial score (nSPS) is 10.8. The summed E-state index contributed by atoms with van der Waals surface area (Å²) in [4.78, 5) is 16.4. The number of nitrogens with zero attached hydrogens (tertiary/aromatic N) is 2. The Labute approximate surface area is 152 Å². The van der Waals surface area contributed by atoms with Crippen LogP contribution in [0.2, 0.25) is 0 Å². The summed E-state index contributed by atoms with van der Waals surface area (Å²) in [6.07, 6.45) is 0. The van der Waals surface area contributed by atoms with Crippen molar-refractivity contribution in [2.45, 2.75) is 26.7 Å². The lowest BCUT2D eigenvalue weighted by Gasteiger charge is -2.08. The molecular weight excluding hydrogens is 330 g/mol. The minimum atomic E-state index is -0.223. The quantitative estimate of drug-likeness (QED) is 0.721. The minimum absolute atomic E-state index is 0.0849. The summed E-state index contributed by atoms with van der Waals surface area (Å²) in [5, 5.41) is 6.75. The van der Waals surface area contributed by atoms with E-state index in [4.69, 9.17) is 9.26 Å². The highest BCUT2D eigenvalue weighted by molar-refractivity contribution is 5.91. The Morgan fingerprint density at radius 3 is 2.65 bits per heavy atom. The molecule has 1 amide bonds. The number of anilines is 1. The number of carbonyl (C=O) groups excluding carboxylic acids is 1. The van der Waals surface area contributed by atoms with Crippen molar-refractivity contribution in [2.24, 2.45) is 0 Å². The van der Waals surface area contributed by atoms with Crippen LogP contribution in [0.15, 0.2) is 53.1 Å². The Hall–Kier alpha value is -3.15. The third-order valence-corrected chi connectivity index (χ3v) is 3.74. The summed E-state index contributed by atoms with van der Waals surface area (Å²) < 4.78 is 10.9. The van der Waals surface area contributed by atoms with Crippen LogP contribution in [0.5, 0.6) is 5.75 Å². The van der Waals surface area contributed by atoms with Crippen LogP contribution in [-0.2, 0) is 4.79 Å². The standard InChI is InChI=1S/C20H21N3O3/c1-13(2)19-22-20(26-23-19)15-5-4-6-17(11-15)25-12-18(24)21-16-9-7-14(3)8-10-16/h4-11,13H,12H2,1-3H3,(H,21,24). The maximum absolute atomic E-state index is 12.0. The molecule has 0 saturated carbocycles. The molecule has 26 heavy (non-hydrogen) atoms. The highest BCUT2D eigenvalue weighted by Gasteiger charge is 2.12. The SMILES string of the molecule is Cc1ccc(NC(=O)COc2cccc(-c3nc(C(C)C)no3)c2)cc1. The number of aryl methyl sites for hydroxylation is 1. The largest absolute Gasteiger partial charge is 0.484 e. The number of hydrogen-bond donors (Lipinski definition) is 1. The number of aromatic nitrogens is 2. The highest BCUT2D eigenvalue weighted by Crippen LogP contribution is 2.24. The molecule has 0 fully saturated rings. The van der Waals surface area contributed by atoms with Crippen LogP contribution in [0.25, 0.3) is 11.5 Å². The molecule has 0 atom stereocenters. The number of hydrogen-bond acceptors (Lipinski definition) is 5. The van der Waals surface area contributed by atoms with Gasteiger partial charge < -0.3 is 14.6 Å². The molecule has 1 heterocycles. The Balaban J connectivity index is 1.61. The van der Waals surface area contributed by atoms with Crippen molar-refractivity contribution in [3.63, 3.8) is 0 Å². The van der Waals surface area contributed by atoms with Crippen molar-refractivity contribution in [1.82, 2.24) is 10.1 Å². The molecule has 6 nitrogen and oxygen atoms in total. The van der Waals surface area contributed by atoms with Crippen LogP contribution < -0.4 is 10.1 Å². The summed E-state index contributed by atoms with van der Waals surface area (Å²) >= 11 is 0. The molecule has 3 rings (SSSR count). The van der Waals surface area contributed by atoms with Crippen LogP contribution in [0.3, 0.4) is 0 Å². The number of benzene rings is 2. The summed E-state index contributed by atoms with van der Waals surface area (Å²) in [7, 11) is 0. The molecule has 0 aliphatic heterocycles. The number of rotatable bonds is 6. The fourth-order valence-corrected chi connectivity index (χ4v) is 2.29. The van der Waals surface area contributed by atoms with Crippen LogP contribution in [-0.4, -0.2) is 22.7 Å². The fraction of sp³-hybridized carbons (Fsp3) is 0.250. The number of nitrogens with one attached hydrogen (secondary N) is 1. The van der Waals surface area contributed by atoms with Gasteiger partial charge in [-0.1, -0.05) is 42.8 Å². The third kappa shape index (κ3) is 4.47. The number of amides is 1.